The lowest BCUT2D eigenvalue weighted by Crippen LogP contribution is -2.34. The Morgan fingerprint density at radius 1 is 1.64 bits per heavy atom. The van der Waals surface area contributed by atoms with Gasteiger partial charge in [-0.1, -0.05) is 6.42 Å². The molecule has 0 heterocycles. The second-order valence-corrected chi connectivity index (χ2v) is 3.58. The molecule has 0 saturated heterocycles. The summed E-state index contributed by atoms with van der Waals surface area (Å²) >= 11 is 0. The first-order valence-electron chi connectivity index (χ1n) is 4.21. The van der Waals surface area contributed by atoms with Crippen LogP contribution in [0.15, 0.2) is 0 Å². The fourth-order valence-corrected chi connectivity index (χ4v) is 1.66. The van der Waals surface area contributed by atoms with Crippen LogP contribution in [-0.2, 0) is 9.53 Å². The van der Waals surface area contributed by atoms with Crippen LogP contribution < -0.4 is 0 Å². The van der Waals surface area contributed by atoms with Crippen molar-refractivity contribution in [3.63, 3.8) is 0 Å². The monoisotopic (exact) mass is 156 g/mol. The van der Waals surface area contributed by atoms with Crippen molar-refractivity contribution in [1.29, 1.82) is 0 Å². The summed E-state index contributed by atoms with van der Waals surface area (Å²) < 4.78 is 5.12. The van der Waals surface area contributed by atoms with Gasteiger partial charge in [0.1, 0.15) is 6.29 Å². The van der Waals surface area contributed by atoms with Crippen LogP contribution in [0.3, 0.4) is 0 Å². The van der Waals surface area contributed by atoms with E-state index >= 15 is 0 Å². The first-order chi connectivity index (χ1) is 5.22. The van der Waals surface area contributed by atoms with Crippen molar-refractivity contribution in [1.82, 2.24) is 0 Å². The molecule has 1 saturated carbocycles. The van der Waals surface area contributed by atoms with Gasteiger partial charge in [0.15, 0.2) is 0 Å². The van der Waals surface area contributed by atoms with Crippen molar-refractivity contribution in [2.24, 2.45) is 5.41 Å². The Labute approximate surface area is 67.9 Å². The lowest BCUT2D eigenvalue weighted by molar-refractivity contribution is -0.123. The molecule has 64 valence electrons. The molecule has 0 amide bonds. The third-order valence-corrected chi connectivity index (χ3v) is 2.70. The zero-order chi connectivity index (χ0) is 8.32. The van der Waals surface area contributed by atoms with Crippen LogP contribution in [0, 0.1) is 5.41 Å². The number of carbonyl (C=O) groups excluding carboxylic acids is 1. The first-order valence-corrected chi connectivity index (χ1v) is 4.21. The molecule has 1 aliphatic rings. The Hall–Kier alpha value is -0.370. The predicted octanol–water partition coefficient (Wildman–Crippen LogP) is 1.78. The Morgan fingerprint density at radius 2 is 2.27 bits per heavy atom. The third kappa shape index (κ3) is 1.80. The van der Waals surface area contributed by atoms with E-state index < -0.39 is 0 Å². The van der Waals surface area contributed by atoms with Crippen molar-refractivity contribution < 1.29 is 9.53 Å². The Morgan fingerprint density at radius 3 is 2.55 bits per heavy atom. The van der Waals surface area contributed by atoms with Crippen LogP contribution in [0.1, 0.15) is 32.6 Å². The fraction of sp³-hybridized carbons (Fsp3) is 0.889. The lowest BCUT2D eigenvalue weighted by Gasteiger charge is -2.38. The van der Waals surface area contributed by atoms with Crippen LogP contribution in [0.4, 0.5) is 0 Å². The van der Waals surface area contributed by atoms with E-state index in [1.807, 2.05) is 6.92 Å². The highest BCUT2D eigenvalue weighted by Gasteiger charge is 2.37. The number of hydrogen-bond acceptors (Lipinski definition) is 2. The molecule has 2 nitrogen and oxygen atoms in total. The minimum atomic E-state index is -0.0184. The maximum atomic E-state index is 10.7. The van der Waals surface area contributed by atoms with Gasteiger partial charge in [-0.05, 0) is 26.2 Å². The van der Waals surface area contributed by atoms with Gasteiger partial charge in [0.2, 0.25) is 0 Å². The van der Waals surface area contributed by atoms with Crippen LogP contribution in [0.25, 0.3) is 0 Å². The summed E-state index contributed by atoms with van der Waals surface area (Å²) in [5, 5.41) is 0. The van der Waals surface area contributed by atoms with Crippen molar-refractivity contribution in [2.75, 3.05) is 7.11 Å². The van der Waals surface area contributed by atoms with Gasteiger partial charge in [0, 0.05) is 12.5 Å². The van der Waals surface area contributed by atoms with Gasteiger partial charge in [-0.3, -0.25) is 0 Å². The average Bonchev–Trinajstić information content (AvgIpc) is 1.96. The van der Waals surface area contributed by atoms with E-state index in [9.17, 15) is 4.79 Å². The van der Waals surface area contributed by atoms with E-state index in [4.69, 9.17) is 4.74 Å². The smallest absolute Gasteiger partial charge is 0.126 e. The minimum absolute atomic E-state index is 0.0184. The number of ether oxygens (including phenoxy) is 1. The zero-order valence-corrected chi connectivity index (χ0v) is 7.30. The molecule has 1 unspecified atom stereocenters. The molecule has 1 aliphatic carbocycles. The largest absolute Gasteiger partial charge is 0.382 e. The second-order valence-electron chi connectivity index (χ2n) is 3.58. The Bertz CT molecular complexity index is 138. The Kier molecular flexibility index (Phi) is 2.66. The molecule has 2 heteroatoms. The number of hydrogen-bond donors (Lipinski definition) is 0. The molecule has 0 aromatic heterocycles. The van der Waals surface area contributed by atoms with E-state index in [0.29, 0.717) is 0 Å². The molecule has 11 heavy (non-hydrogen) atoms. The summed E-state index contributed by atoms with van der Waals surface area (Å²) in [6.07, 6.45) is 5.56. The minimum Gasteiger partial charge on any atom is -0.382 e. The van der Waals surface area contributed by atoms with Gasteiger partial charge in [-0.15, -0.1) is 0 Å². The first kappa shape index (κ1) is 8.72. The molecule has 0 bridgehead atoms. The predicted molar refractivity (Wildman–Crippen MR) is 43.4 cm³/mol. The lowest BCUT2D eigenvalue weighted by atomic mass is 9.67. The quantitative estimate of drug-likeness (QED) is 0.580. The molecule has 0 spiro atoms. The van der Waals surface area contributed by atoms with Crippen molar-refractivity contribution in [2.45, 2.75) is 38.7 Å². The molecular formula is C9H16O2. The average molecular weight is 156 g/mol. The van der Waals surface area contributed by atoms with E-state index in [2.05, 4.69) is 0 Å². The summed E-state index contributed by atoms with van der Waals surface area (Å²) in [5.41, 5.74) is -0.0184. The number of rotatable bonds is 4. The number of aldehydes is 1. The molecule has 1 atom stereocenters. The highest BCUT2D eigenvalue weighted by Crippen LogP contribution is 2.42. The van der Waals surface area contributed by atoms with Crippen LogP contribution in [0.5, 0.6) is 0 Å². The summed E-state index contributed by atoms with van der Waals surface area (Å²) in [7, 11) is 1.70. The fourth-order valence-electron chi connectivity index (χ4n) is 1.66. The summed E-state index contributed by atoms with van der Waals surface area (Å²) in [4.78, 5) is 10.7. The maximum absolute atomic E-state index is 10.7. The topological polar surface area (TPSA) is 26.3 Å². The SMILES string of the molecule is COC(C)CC1(C=O)CCC1. The van der Waals surface area contributed by atoms with Gasteiger partial charge in [0.05, 0.1) is 6.10 Å². The normalized spacial score (nSPS) is 23.8. The van der Waals surface area contributed by atoms with E-state index in [1.54, 1.807) is 7.11 Å². The molecule has 0 aliphatic heterocycles. The number of carbonyl (C=O) groups is 1. The molecule has 0 radical (unpaired) electrons. The van der Waals surface area contributed by atoms with Gasteiger partial charge in [-0.25, -0.2) is 0 Å². The standard InChI is InChI=1S/C9H16O2/c1-8(11-2)6-9(7-10)4-3-5-9/h7-8H,3-6H2,1-2H3. The Balaban J connectivity index is 2.38. The molecule has 0 aromatic rings. The van der Waals surface area contributed by atoms with Gasteiger partial charge >= 0.3 is 0 Å². The van der Waals surface area contributed by atoms with Gasteiger partial charge in [-0.2, -0.15) is 0 Å². The van der Waals surface area contributed by atoms with E-state index in [-0.39, 0.29) is 11.5 Å². The molecule has 0 N–H and O–H groups in total. The summed E-state index contributed by atoms with van der Waals surface area (Å²) in [6, 6.07) is 0. The van der Waals surface area contributed by atoms with Gasteiger partial charge < -0.3 is 9.53 Å². The van der Waals surface area contributed by atoms with Crippen molar-refractivity contribution in [3.8, 4) is 0 Å². The van der Waals surface area contributed by atoms with Crippen LogP contribution >= 0.6 is 0 Å². The van der Waals surface area contributed by atoms with Crippen molar-refractivity contribution >= 4 is 6.29 Å². The van der Waals surface area contributed by atoms with Gasteiger partial charge in [0.25, 0.3) is 0 Å². The van der Waals surface area contributed by atoms with Crippen LogP contribution in [0.2, 0.25) is 0 Å². The maximum Gasteiger partial charge on any atom is 0.126 e. The summed E-state index contributed by atoms with van der Waals surface area (Å²) in [6.45, 7) is 2.02. The highest BCUT2D eigenvalue weighted by molar-refractivity contribution is 5.60. The third-order valence-electron chi connectivity index (χ3n) is 2.70. The zero-order valence-electron chi connectivity index (χ0n) is 7.30. The van der Waals surface area contributed by atoms with E-state index in [1.165, 1.54) is 6.42 Å². The molecule has 1 rings (SSSR count). The van der Waals surface area contributed by atoms with Crippen LogP contribution in [-0.4, -0.2) is 19.5 Å². The summed E-state index contributed by atoms with van der Waals surface area (Å²) in [5.74, 6) is 0. The molecule has 1 fully saturated rings. The second kappa shape index (κ2) is 3.35. The molecule has 0 aromatic carbocycles. The number of methoxy groups -OCH3 is 1. The highest BCUT2D eigenvalue weighted by atomic mass is 16.5. The molecular weight excluding hydrogens is 140 g/mol. The van der Waals surface area contributed by atoms with E-state index in [0.717, 1.165) is 25.5 Å². The van der Waals surface area contributed by atoms with Crippen molar-refractivity contribution in [3.05, 3.63) is 0 Å².